The van der Waals surface area contributed by atoms with E-state index in [2.05, 4.69) is 0 Å². The second-order valence-electron chi connectivity index (χ2n) is 5.59. The Morgan fingerprint density at radius 3 is 2.55 bits per heavy atom. The lowest BCUT2D eigenvalue weighted by Crippen LogP contribution is -2.28. The topological polar surface area (TPSA) is 66.6 Å². The Balaban J connectivity index is 1.88. The van der Waals surface area contributed by atoms with Crippen LogP contribution in [0.25, 0.3) is 0 Å². The van der Waals surface area contributed by atoms with Gasteiger partial charge in [0, 0.05) is 43.3 Å². The Bertz CT molecular complexity index is 570. The smallest absolute Gasteiger partial charge is 0.228 e. The molecule has 2 aliphatic heterocycles. The van der Waals surface area contributed by atoms with Crippen LogP contribution in [0.15, 0.2) is 18.2 Å². The number of hydrogen-bond donors (Lipinski definition) is 1. The predicted octanol–water partition coefficient (Wildman–Crippen LogP) is 1.19. The van der Waals surface area contributed by atoms with Crippen molar-refractivity contribution in [1.29, 1.82) is 0 Å². The third-order valence-electron chi connectivity index (χ3n) is 4.01. The Labute approximate surface area is 118 Å². The molecule has 20 heavy (non-hydrogen) atoms. The van der Waals surface area contributed by atoms with Crippen LogP contribution in [-0.2, 0) is 9.59 Å². The Hall–Kier alpha value is -1.88. The van der Waals surface area contributed by atoms with Crippen LogP contribution in [0.3, 0.4) is 0 Å². The van der Waals surface area contributed by atoms with Crippen LogP contribution in [0.1, 0.15) is 24.8 Å². The minimum atomic E-state index is -0.0809. The fourth-order valence-corrected chi connectivity index (χ4v) is 3.00. The molecule has 1 unspecified atom stereocenters. The number of aryl methyl sites for hydroxylation is 1. The second-order valence-corrected chi connectivity index (χ2v) is 5.59. The van der Waals surface area contributed by atoms with Crippen LogP contribution in [-0.4, -0.2) is 30.9 Å². The first-order valence-corrected chi connectivity index (χ1v) is 7.03. The molecule has 1 aromatic rings. The number of carbonyl (C=O) groups excluding carboxylic acids is 2. The van der Waals surface area contributed by atoms with E-state index in [1.807, 2.05) is 30.0 Å². The molecule has 0 saturated carbocycles. The minimum Gasteiger partial charge on any atom is -0.326 e. The number of benzene rings is 1. The summed E-state index contributed by atoms with van der Waals surface area (Å²) in [4.78, 5) is 27.2. The lowest BCUT2D eigenvalue weighted by atomic mass is 10.1. The third-order valence-corrected chi connectivity index (χ3v) is 4.01. The molecule has 2 saturated heterocycles. The van der Waals surface area contributed by atoms with Gasteiger partial charge < -0.3 is 15.5 Å². The Morgan fingerprint density at radius 1 is 1.20 bits per heavy atom. The number of nitrogens with two attached hydrogens (primary N) is 1. The molecule has 0 aliphatic carbocycles. The van der Waals surface area contributed by atoms with Crippen molar-refractivity contribution in [2.45, 2.75) is 32.2 Å². The molecular formula is C15H19N3O2. The Morgan fingerprint density at radius 2 is 2.00 bits per heavy atom. The molecule has 0 radical (unpaired) electrons. The van der Waals surface area contributed by atoms with E-state index in [-0.39, 0.29) is 17.9 Å². The first-order valence-electron chi connectivity index (χ1n) is 7.03. The number of anilines is 2. The summed E-state index contributed by atoms with van der Waals surface area (Å²) in [5, 5.41) is 0. The van der Waals surface area contributed by atoms with Gasteiger partial charge in [-0.05, 0) is 37.1 Å². The number of hydrogen-bond acceptors (Lipinski definition) is 3. The average molecular weight is 273 g/mol. The summed E-state index contributed by atoms with van der Waals surface area (Å²) in [6, 6.07) is 5.73. The molecule has 1 atom stereocenters. The maximum atomic E-state index is 11.9. The fraction of sp³-hybridized carbons (Fsp3) is 0.467. The second kappa shape index (κ2) is 4.90. The van der Waals surface area contributed by atoms with Gasteiger partial charge >= 0.3 is 0 Å². The molecule has 2 heterocycles. The van der Waals surface area contributed by atoms with Gasteiger partial charge in [0.15, 0.2) is 0 Å². The van der Waals surface area contributed by atoms with Crippen LogP contribution >= 0.6 is 0 Å². The molecule has 3 rings (SSSR count). The van der Waals surface area contributed by atoms with Gasteiger partial charge in [-0.2, -0.15) is 0 Å². The first kappa shape index (κ1) is 13.1. The van der Waals surface area contributed by atoms with E-state index in [1.54, 1.807) is 4.90 Å². The molecule has 5 nitrogen and oxygen atoms in total. The molecule has 2 fully saturated rings. The van der Waals surface area contributed by atoms with Gasteiger partial charge in [0.25, 0.3) is 0 Å². The van der Waals surface area contributed by atoms with Crippen molar-refractivity contribution >= 4 is 23.2 Å². The van der Waals surface area contributed by atoms with Gasteiger partial charge in [0.1, 0.15) is 0 Å². The summed E-state index contributed by atoms with van der Waals surface area (Å²) in [5.41, 5.74) is 8.66. The molecule has 2 aliphatic rings. The third kappa shape index (κ3) is 2.18. The van der Waals surface area contributed by atoms with Crippen molar-refractivity contribution < 1.29 is 9.59 Å². The van der Waals surface area contributed by atoms with E-state index in [0.29, 0.717) is 19.4 Å². The summed E-state index contributed by atoms with van der Waals surface area (Å²) in [6.45, 7) is 3.33. The summed E-state index contributed by atoms with van der Waals surface area (Å²) in [5.74, 6) is 0.252. The molecule has 0 aromatic heterocycles. The highest BCUT2D eigenvalue weighted by molar-refractivity contribution is 5.98. The summed E-state index contributed by atoms with van der Waals surface area (Å²) in [6.07, 6.45) is 1.95. The molecule has 0 bridgehead atoms. The van der Waals surface area contributed by atoms with E-state index in [9.17, 15) is 9.59 Å². The Kier molecular flexibility index (Phi) is 3.22. The van der Waals surface area contributed by atoms with E-state index in [1.165, 1.54) is 0 Å². The number of rotatable bonds is 2. The zero-order chi connectivity index (χ0) is 14.3. The normalized spacial score (nSPS) is 23.0. The lowest BCUT2D eigenvalue weighted by molar-refractivity contribution is -0.117. The SMILES string of the molecule is Cc1cc(N2CC(N)CC2=O)ccc1N1CCCC1=O. The van der Waals surface area contributed by atoms with Gasteiger partial charge in [0.2, 0.25) is 11.8 Å². The molecule has 0 spiro atoms. The molecule has 106 valence electrons. The van der Waals surface area contributed by atoms with Gasteiger partial charge in [-0.25, -0.2) is 0 Å². The minimum absolute atomic E-state index is 0.0712. The highest BCUT2D eigenvalue weighted by Crippen LogP contribution is 2.30. The van der Waals surface area contributed by atoms with E-state index in [0.717, 1.165) is 29.9 Å². The summed E-state index contributed by atoms with van der Waals surface area (Å²) in [7, 11) is 0. The monoisotopic (exact) mass is 273 g/mol. The summed E-state index contributed by atoms with van der Waals surface area (Å²) >= 11 is 0. The molecule has 2 N–H and O–H groups in total. The van der Waals surface area contributed by atoms with Crippen LogP contribution in [0.2, 0.25) is 0 Å². The number of nitrogens with zero attached hydrogens (tertiary/aromatic N) is 2. The average Bonchev–Trinajstić information content (AvgIpc) is 2.95. The quantitative estimate of drug-likeness (QED) is 0.880. The van der Waals surface area contributed by atoms with Crippen molar-refractivity contribution in [1.82, 2.24) is 0 Å². The zero-order valence-corrected chi connectivity index (χ0v) is 11.6. The van der Waals surface area contributed by atoms with E-state index >= 15 is 0 Å². The predicted molar refractivity (Wildman–Crippen MR) is 77.7 cm³/mol. The van der Waals surface area contributed by atoms with Crippen LogP contribution in [0, 0.1) is 6.92 Å². The molecule has 1 aromatic carbocycles. The van der Waals surface area contributed by atoms with Crippen molar-refractivity contribution in [3.05, 3.63) is 23.8 Å². The zero-order valence-electron chi connectivity index (χ0n) is 11.6. The van der Waals surface area contributed by atoms with Gasteiger partial charge in [-0.1, -0.05) is 0 Å². The van der Waals surface area contributed by atoms with Gasteiger partial charge in [0.05, 0.1) is 0 Å². The van der Waals surface area contributed by atoms with Gasteiger partial charge in [-0.3, -0.25) is 9.59 Å². The lowest BCUT2D eigenvalue weighted by Gasteiger charge is -2.22. The molecular weight excluding hydrogens is 254 g/mol. The van der Waals surface area contributed by atoms with Gasteiger partial charge in [-0.15, -0.1) is 0 Å². The maximum Gasteiger partial charge on any atom is 0.228 e. The van der Waals surface area contributed by atoms with E-state index in [4.69, 9.17) is 5.73 Å². The first-order chi connectivity index (χ1) is 9.56. The highest BCUT2D eigenvalue weighted by Gasteiger charge is 2.29. The maximum absolute atomic E-state index is 11.9. The van der Waals surface area contributed by atoms with E-state index < -0.39 is 0 Å². The van der Waals surface area contributed by atoms with Crippen LogP contribution in [0.4, 0.5) is 11.4 Å². The number of carbonyl (C=O) groups is 2. The molecule has 2 amide bonds. The van der Waals surface area contributed by atoms with Crippen molar-refractivity contribution in [3.63, 3.8) is 0 Å². The van der Waals surface area contributed by atoms with Crippen LogP contribution < -0.4 is 15.5 Å². The van der Waals surface area contributed by atoms with Crippen molar-refractivity contribution in [3.8, 4) is 0 Å². The molecule has 5 heteroatoms. The largest absolute Gasteiger partial charge is 0.326 e. The summed E-state index contributed by atoms with van der Waals surface area (Å²) < 4.78 is 0. The van der Waals surface area contributed by atoms with Crippen LogP contribution in [0.5, 0.6) is 0 Å². The highest BCUT2D eigenvalue weighted by atomic mass is 16.2. The fourth-order valence-electron chi connectivity index (χ4n) is 3.00. The number of amides is 2. The standard InChI is InChI=1S/C15H19N3O2/c1-10-7-12(18-9-11(16)8-15(18)20)4-5-13(10)17-6-2-3-14(17)19/h4-5,7,11H,2-3,6,8-9,16H2,1H3. The van der Waals surface area contributed by atoms with Crippen molar-refractivity contribution in [2.75, 3.05) is 22.9 Å². The van der Waals surface area contributed by atoms with Crippen molar-refractivity contribution in [2.24, 2.45) is 5.73 Å².